The topological polar surface area (TPSA) is 96.5 Å². The summed E-state index contributed by atoms with van der Waals surface area (Å²) in [7, 11) is 0. The minimum Gasteiger partial charge on any atom is -0.390 e. The molecule has 2 atom stereocenters. The van der Waals surface area contributed by atoms with Crippen molar-refractivity contribution in [2.24, 2.45) is 5.73 Å². The van der Waals surface area contributed by atoms with Crippen LogP contribution in [0.4, 0.5) is 5.69 Å². The summed E-state index contributed by atoms with van der Waals surface area (Å²) >= 11 is 12.8. The van der Waals surface area contributed by atoms with Gasteiger partial charge in [-0.15, -0.1) is 0 Å². The van der Waals surface area contributed by atoms with Crippen LogP contribution in [0.25, 0.3) is 11.3 Å². The molecule has 2 amide bonds. The van der Waals surface area contributed by atoms with Crippen molar-refractivity contribution in [2.75, 3.05) is 4.90 Å². The van der Waals surface area contributed by atoms with Crippen LogP contribution in [0.15, 0.2) is 85.1 Å². The molecule has 0 radical (unpaired) electrons. The van der Waals surface area contributed by atoms with E-state index in [-0.39, 0.29) is 16.1 Å². The number of pyridine rings is 1. The average molecular weight is 518 g/mol. The van der Waals surface area contributed by atoms with Crippen LogP contribution in [0.3, 0.4) is 0 Å². The Morgan fingerprint density at radius 1 is 0.944 bits per heavy atom. The number of aliphatic hydroxyl groups excluding tert-OH is 1. The maximum atomic E-state index is 14.0. The summed E-state index contributed by atoms with van der Waals surface area (Å²) in [6.45, 7) is 0. The number of nitrogens with zero attached hydrogens (tertiary/aromatic N) is 2. The van der Waals surface area contributed by atoms with E-state index in [9.17, 15) is 14.7 Å². The summed E-state index contributed by atoms with van der Waals surface area (Å²) in [5, 5.41) is 11.7. The quantitative estimate of drug-likeness (QED) is 0.367. The summed E-state index contributed by atoms with van der Waals surface area (Å²) in [6, 6.07) is 22.1. The number of carbonyl (C=O) groups is 2. The molecule has 6 nitrogen and oxygen atoms in total. The molecule has 36 heavy (non-hydrogen) atoms. The zero-order chi connectivity index (χ0) is 25.4. The Labute approximate surface area is 217 Å². The molecular weight excluding hydrogens is 497 g/mol. The van der Waals surface area contributed by atoms with E-state index in [1.807, 2.05) is 42.5 Å². The first kappa shape index (κ1) is 24.0. The van der Waals surface area contributed by atoms with Crippen LogP contribution in [-0.2, 0) is 6.42 Å². The monoisotopic (exact) mass is 517 g/mol. The predicted octanol–water partition coefficient (Wildman–Crippen LogP) is 5.46. The number of hydrogen-bond donors (Lipinski definition) is 2. The van der Waals surface area contributed by atoms with Crippen molar-refractivity contribution >= 4 is 40.7 Å². The van der Waals surface area contributed by atoms with Crippen LogP contribution in [0.5, 0.6) is 0 Å². The van der Waals surface area contributed by atoms with Gasteiger partial charge in [0.15, 0.2) is 0 Å². The zero-order valence-corrected chi connectivity index (χ0v) is 20.4. The highest BCUT2D eigenvalue weighted by Gasteiger charge is 2.39. The normalized spacial score (nSPS) is 16.4. The van der Waals surface area contributed by atoms with E-state index in [1.54, 1.807) is 29.3 Å². The molecule has 8 heteroatoms. The van der Waals surface area contributed by atoms with Gasteiger partial charge < -0.3 is 10.8 Å². The summed E-state index contributed by atoms with van der Waals surface area (Å²) in [6.07, 6.45) is 1.24. The molecule has 0 fully saturated rings. The largest absolute Gasteiger partial charge is 0.390 e. The maximum absolute atomic E-state index is 14.0. The van der Waals surface area contributed by atoms with Gasteiger partial charge in [-0.2, -0.15) is 0 Å². The van der Waals surface area contributed by atoms with Gasteiger partial charge in [-0.25, -0.2) is 0 Å². The van der Waals surface area contributed by atoms with E-state index >= 15 is 0 Å². The minimum atomic E-state index is -0.833. The van der Waals surface area contributed by atoms with Gasteiger partial charge in [-0.1, -0.05) is 53.5 Å². The number of primary amides is 1. The molecule has 0 saturated carbocycles. The molecular formula is C28H21Cl2N3O3. The molecule has 180 valence electrons. The first-order valence-electron chi connectivity index (χ1n) is 11.2. The van der Waals surface area contributed by atoms with E-state index in [0.29, 0.717) is 28.4 Å². The van der Waals surface area contributed by atoms with Gasteiger partial charge in [0.2, 0.25) is 5.91 Å². The Morgan fingerprint density at radius 2 is 1.72 bits per heavy atom. The lowest BCUT2D eigenvalue weighted by atomic mass is 10.0. The van der Waals surface area contributed by atoms with Gasteiger partial charge in [-0.3, -0.25) is 19.5 Å². The summed E-state index contributed by atoms with van der Waals surface area (Å²) in [4.78, 5) is 31.6. The van der Waals surface area contributed by atoms with Crippen molar-refractivity contribution in [1.82, 2.24) is 4.98 Å². The number of anilines is 1. The molecule has 0 spiro atoms. The molecule has 0 unspecified atom stereocenters. The first-order chi connectivity index (χ1) is 17.3. The van der Waals surface area contributed by atoms with Gasteiger partial charge in [0.05, 0.1) is 33.4 Å². The fraction of sp³-hybridized carbons (Fsp3) is 0.107. The Bertz CT molecular complexity index is 1480. The van der Waals surface area contributed by atoms with Crippen molar-refractivity contribution in [3.8, 4) is 11.3 Å². The van der Waals surface area contributed by atoms with E-state index in [0.717, 1.165) is 11.1 Å². The molecule has 0 saturated heterocycles. The van der Waals surface area contributed by atoms with Gasteiger partial charge in [0, 0.05) is 29.4 Å². The fourth-order valence-electron chi connectivity index (χ4n) is 4.64. The van der Waals surface area contributed by atoms with Crippen molar-refractivity contribution in [3.05, 3.63) is 117 Å². The maximum Gasteiger partial charge on any atom is 0.258 e. The van der Waals surface area contributed by atoms with E-state index in [4.69, 9.17) is 28.9 Å². The second kappa shape index (κ2) is 9.74. The first-order valence-corrected chi connectivity index (χ1v) is 12.0. The van der Waals surface area contributed by atoms with Gasteiger partial charge in [0.1, 0.15) is 0 Å². The molecule has 3 aromatic carbocycles. The molecule has 4 aromatic rings. The number of nitrogens with two attached hydrogens (primary N) is 1. The van der Waals surface area contributed by atoms with Crippen LogP contribution < -0.4 is 10.6 Å². The van der Waals surface area contributed by atoms with Crippen LogP contribution in [0.1, 0.15) is 37.9 Å². The minimum absolute atomic E-state index is 0.0750. The molecule has 1 aliphatic rings. The highest BCUT2D eigenvalue weighted by atomic mass is 35.5. The number of halogens is 2. The van der Waals surface area contributed by atoms with Crippen LogP contribution in [0.2, 0.25) is 10.0 Å². The third-order valence-corrected chi connectivity index (χ3v) is 6.96. The Kier molecular flexibility index (Phi) is 6.49. The Balaban J connectivity index is 1.67. The lowest BCUT2D eigenvalue weighted by Crippen LogP contribution is -2.39. The Hall–Kier alpha value is -3.71. The zero-order valence-electron chi connectivity index (χ0n) is 18.9. The predicted molar refractivity (Wildman–Crippen MR) is 140 cm³/mol. The molecule has 0 bridgehead atoms. The van der Waals surface area contributed by atoms with Crippen molar-refractivity contribution in [3.63, 3.8) is 0 Å². The average Bonchev–Trinajstić information content (AvgIpc) is 3.20. The summed E-state index contributed by atoms with van der Waals surface area (Å²) in [5.74, 6) is -1.09. The lowest BCUT2D eigenvalue weighted by Gasteiger charge is -2.32. The van der Waals surface area contributed by atoms with Crippen LogP contribution in [0, 0.1) is 0 Å². The van der Waals surface area contributed by atoms with E-state index < -0.39 is 24.0 Å². The molecule has 1 aromatic heterocycles. The third-order valence-electron chi connectivity index (χ3n) is 6.31. The van der Waals surface area contributed by atoms with Crippen LogP contribution in [-0.4, -0.2) is 28.0 Å². The smallest absolute Gasteiger partial charge is 0.258 e. The fourth-order valence-corrected chi connectivity index (χ4v) is 5.12. The number of hydrogen-bond acceptors (Lipinski definition) is 4. The number of aliphatic hydroxyl groups is 1. The molecule has 0 aliphatic heterocycles. The van der Waals surface area contributed by atoms with Crippen molar-refractivity contribution in [1.29, 1.82) is 0 Å². The van der Waals surface area contributed by atoms with Gasteiger partial charge in [0.25, 0.3) is 5.91 Å². The highest BCUT2D eigenvalue weighted by molar-refractivity contribution is 6.34. The number of fused-ring (bicyclic) bond motifs is 1. The highest BCUT2D eigenvalue weighted by Crippen LogP contribution is 2.41. The van der Waals surface area contributed by atoms with E-state index in [1.165, 1.54) is 18.2 Å². The second-order valence-corrected chi connectivity index (χ2v) is 9.34. The third kappa shape index (κ3) is 4.35. The molecule has 1 aliphatic carbocycles. The number of rotatable bonds is 5. The van der Waals surface area contributed by atoms with E-state index in [2.05, 4.69) is 4.98 Å². The van der Waals surface area contributed by atoms with Gasteiger partial charge >= 0.3 is 0 Å². The number of amides is 2. The van der Waals surface area contributed by atoms with Crippen LogP contribution >= 0.6 is 23.2 Å². The number of benzene rings is 3. The second-order valence-electron chi connectivity index (χ2n) is 8.53. The van der Waals surface area contributed by atoms with Crippen molar-refractivity contribution in [2.45, 2.75) is 18.6 Å². The lowest BCUT2D eigenvalue weighted by molar-refractivity contribution is 0.0924. The summed E-state index contributed by atoms with van der Waals surface area (Å²) in [5.41, 5.74) is 9.39. The summed E-state index contributed by atoms with van der Waals surface area (Å²) < 4.78 is 0. The SMILES string of the molecule is NC(=O)c1ccc(C(=O)N(c2ccc(Cl)c(-c3ccccn3)c2)[C@H]2c3ccccc3C[C@H]2O)cc1Cl. The van der Waals surface area contributed by atoms with Gasteiger partial charge in [-0.05, 0) is 59.7 Å². The number of aromatic nitrogens is 1. The standard InChI is InChI=1S/C28H21Cl2N3O3/c29-22-11-9-18(15-21(22)24-7-3-4-12-32-24)33(26-19-6-2-1-5-16(19)14-25(26)34)28(36)17-8-10-20(27(31)35)23(30)13-17/h1-13,15,25-26,34H,14H2,(H2,31,35)/t25-,26+/m1/s1. The number of carbonyl (C=O) groups excluding carboxylic acids is 2. The molecule has 1 heterocycles. The molecule has 3 N–H and O–H groups in total. The molecule has 5 rings (SSSR count). The Morgan fingerprint density at radius 3 is 2.44 bits per heavy atom. The van der Waals surface area contributed by atoms with Crippen molar-refractivity contribution < 1.29 is 14.7 Å².